The molecule has 6 nitrogen and oxygen atoms in total. The molecule has 0 fully saturated rings. The van der Waals surface area contributed by atoms with Crippen LogP contribution in [0.5, 0.6) is 0 Å². The van der Waals surface area contributed by atoms with E-state index in [1.165, 1.54) is 0 Å². The molecule has 0 spiro atoms. The molecule has 104 valence electrons. The molecule has 0 aromatic rings. The molecule has 0 radical (unpaired) electrons. The molecule has 0 saturated heterocycles. The third-order valence-electron chi connectivity index (χ3n) is 2.43. The second-order valence-corrected chi connectivity index (χ2v) is 5.17. The first-order valence-corrected chi connectivity index (χ1v) is 7.05. The lowest BCUT2D eigenvalue weighted by Crippen LogP contribution is -2.52. The average molecular weight is 276 g/mol. The van der Waals surface area contributed by atoms with Crippen molar-refractivity contribution in [2.24, 2.45) is 5.92 Å². The molecular weight excluding hydrogens is 256 g/mol. The van der Waals surface area contributed by atoms with Gasteiger partial charge in [0, 0.05) is 0 Å². The fourth-order valence-corrected chi connectivity index (χ4v) is 1.85. The molecule has 0 aliphatic carbocycles. The van der Waals surface area contributed by atoms with Crippen LogP contribution in [0.2, 0.25) is 0 Å². The summed E-state index contributed by atoms with van der Waals surface area (Å²) in [5.74, 6) is -1.05. The van der Waals surface area contributed by atoms with Gasteiger partial charge < -0.3 is 15.7 Å². The first kappa shape index (κ1) is 16.8. The Hall–Kier alpha value is -1.24. The molecule has 0 aromatic heterocycles. The molecule has 18 heavy (non-hydrogen) atoms. The molecular formula is C11H20N2O4S. The number of carbonyl (C=O) groups excluding carboxylic acids is 2. The van der Waals surface area contributed by atoms with Crippen LogP contribution in [0.15, 0.2) is 0 Å². The summed E-state index contributed by atoms with van der Waals surface area (Å²) in [5, 5.41) is 13.8. The minimum atomic E-state index is -1.08. The largest absolute Gasteiger partial charge is 0.480 e. The van der Waals surface area contributed by atoms with E-state index < -0.39 is 24.0 Å². The zero-order valence-corrected chi connectivity index (χ0v) is 11.6. The maximum absolute atomic E-state index is 11.9. The van der Waals surface area contributed by atoms with Crippen LogP contribution in [0, 0.1) is 5.92 Å². The maximum atomic E-state index is 11.9. The smallest absolute Gasteiger partial charge is 0.326 e. The summed E-state index contributed by atoms with van der Waals surface area (Å²) >= 11 is 1.55. The second kappa shape index (κ2) is 8.79. The Balaban J connectivity index is 4.55. The Bertz CT molecular complexity index is 297. The van der Waals surface area contributed by atoms with Gasteiger partial charge in [0.1, 0.15) is 12.1 Å². The van der Waals surface area contributed by atoms with Crippen molar-refractivity contribution >= 4 is 30.0 Å². The highest BCUT2D eigenvalue weighted by atomic mass is 32.2. The third kappa shape index (κ3) is 5.90. The number of amides is 2. The Labute approximate surface area is 111 Å². The quantitative estimate of drug-likeness (QED) is 0.518. The van der Waals surface area contributed by atoms with Crippen LogP contribution in [-0.2, 0) is 14.4 Å². The van der Waals surface area contributed by atoms with Crippen LogP contribution < -0.4 is 10.6 Å². The van der Waals surface area contributed by atoms with Crippen molar-refractivity contribution in [3.63, 3.8) is 0 Å². The van der Waals surface area contributed by atoms with E-state index in [0.717, 1.165) is 0 Å². The molecule has 0 heterocycles. The number of carboxylic acid groups (broad SMARTS) is 1. The second-order valence-electron chi connectivity index (χ2n) is 4.19. The van der Waals surface area contributed by atoms with Crippen LogP contribution in [0.1, 0.15) is 20.3 Å². The van der Waals surface area contributed by atoms with Gasteiger partial charge >= 0.3 is 5.97 Å². The van der Waals surface area contributed by atoms with Crippen molar-refractivity contribution in [3.8, 4) is 0 Å². The Kier molecular flexibility index (Phi) is 8.19. The summed E-state index contributed by atoms with van der Waals surface area (Å²) in [5.41, 5.74) is 0. The normalized spacial score (nSPS) is 13.8. The van der Waals surface area contributed by atoms with E-state index in [1.54, 1.807) is 25.6 Å². The molecule has 0 aliphatic rings. The molecule has 2 amide bonds. The Morgan fingerprint density at radius 3 is 2.39 bits per heavy atom. The standard InChI is InChI=1S/C11H20N2O4S/c1-7(2)9(11(16)17)13-10(15)8(12-6-14)4-5-18-3/h6-9H,4-5H2,1-3H3,(H,12,14)(H,13,15)(H,16,17)/t8-,9-/m1/s1. The Morgan fingerprint density at radius 1 is 1.39 bits per heavy atom. The van der Waals surface area contributed by atoms with Crippen molar-refractivity contribution in [2.45, 2.75) is 32.4 Å². The molecule has 7 heteroatoms. The third-order valence-corrected chi connectivity index (χ3v) is 3.07. The number of carbonyl (C=O) groups is 3. The highest BCUT2D eigenvalue weighted by Gasteiger charge is 2.26. The summed E-state index contributed by atoms with van der Waals surface area (Å²) in [6.45, 7) is 3.42. The van der Waals surface area contributed by atoms with Gasteiger partial charge in [-0.2, -0.15) is 11.8 Å². The summed E-state index contributed by atoms with van der Waals surface area (Å²) in [4.78, 5) is 33.2. The van der Waals surface area contributed by atoms with Crippen molar-refractivity contribution in [3.05, 3.63) is 0 Å². The van der Waals surface area contributed by atoms with Crippen molar-refractivity contribution in [1.82, 2.24) is 10.6 Å². The molecule has 0 unspecified atom stereocenters. The fourth-order valence-electron chi connectivity index (χ4n) is 1.38. The minimum Gasteiger partial charge on any atom is -0.480 e. The van der Waals surface area contributed by atoms with Crippen LogP contribution in [0.3, 0.4) is 0 Å². The number of rotatable bonds is 9. The molecule has 2 atom stereocenters. The summed E-state index contributed by atoms with van der Waals surface area (Å²) < 4.78 is 0. The summed E-state index contributed by atoms with van der Waals surface area (Å²) in [6.07, 6.45) is 2.82. The fraction of sp³-hybridized carbons (Fsp3) is 0.727. The van der Waals surface area contributed by atoms with Gasteiger partial charge in [0.15, 0.2) is 0 Å². The number of carboxylic acids is 1. The van der Waals surface area contributed by atoms with E-state index in [0.29, 0.717) is 18.6 Å². The topological polar surface area (TPSA) is 95.5 Å². The van der Waals surface area contributed by atoms with Gasteiger partial charge in [-0.15, -0.1) is 0 Å². The van der Waals surface area contributed by atoms with E-state index in [1.807, 2.05) is 6.26 Å². The van der Waals surface area contributed by atoms with Crippen molar-refractivity contribution in [1.29, 1.82) is 0 Å². The van der Waals surface area contributed by atoms with Gasteiger partial charge in [0.25, 0.3) is 0 Å². The van der Waals surface area contributed by atoms with E-state index in [2.05, 4.69) is 10.6 Å². The molecule has 3 N–H and O–H groups in total. The number of aliphatic carboxylic acids is 1. The summed E-state index contributed by atoms with van der Waals surface area (Å²) in [6, 6.07) is -1.63. The number of thioether (sulfide) groups is 1. The zero-order chi connectivity index (χ0) is 14.1. The lowest BCUT2D eigenvalue weighted by molar-refractivity contribution is -0.143. The molecule has 0 saturated carbocycles. The van der Waals surface area contributed by atoms with E-state index >= 15 is 0 Å². The predicted octanol–water partition coefficient (Wildman–Crippen LogP) is 0.0795. The predicted molar refractivity (Wildman–Crippen MR) is 70.4 cm³/mol. The van der Waals surface area contributed by atoms with Crippen LogP contribution in [0.25, 0.3) is 0 Å². The van der Waals surface area contributed by atoms with E-state index in [9.17, 15) is 14.4 Å². The van der Waals surface area contributed by atoms with Crippen LogP contribution in [-0.4, -0.2) is 47.5 Å². The lowest BCUT2D eigenvalue weighted by atomic mass is 10.0. The SMILES string of the molecule is CSCC[C@@H](NC=O)C(=O)N[C@@H](C(=O)O)C(C)C. The molecule has 0 aromatic carbocycles. The van der Waals surface area contributed by atoms with Crippen molar-refractivity contribution < 1.29 is 19.5 Å². The van der Waals surface area contributed by atoms with Gasteiger partial charge in [0.2, 0.25) is 12.3 Å². The Morgan fingerprint density at radius 2 is 2.00 bits per heavy atom. The summed E-state index contributed by atoms with van der Waals surface area (Å²) in [7, 11) is 0. The average Bonchev–Trinajstić information content (AvgIpc) is 2.30. The van der Waals surface area contributed by atoms with Gasteiger partial charge in [-0.25, -0.2) is 4.79 Å². The first-order chi connectivity index (χ1) is 8.43. The zero-order valence-electron chi connectivity index (χ0n) is 10.8. The van der Waals surface area contributed by atoms with Crippen LogP contribution in [0.4, 0.5) is 0 Å². The van der Waals surface area contributed by atoms with E-state index in [-0.39, 0.29) is 5.92 Å². The van der Waals surface area contributed by atoms with Gasteiger partial charge in [-0.05, 0) is 24.3 Å². The van der Waals surface area contributed by atoms with Gasteiger partial charge in [0.05, 0.1) is 0 Å². The highest BCUT2D eigenvalue weighted by molar-refractivity contribution is 7.98. The number of hydrogen-bond donors (Lipinski definition) is 3. The van der Waals surface area contributed by atoms with Gasteiger partial charge in [-0.1, -0.05) is 13.8 Å². The number of nitrogens with one attached hydrogen (secondary N) is 2. The molecule has 0 rings (SSSR count). The van der Waals surface area contributed by atoms with Crippen LogP contribution >= 0.6 is 11.8 Å². The van der Waals surface area contributed by atoms with E-state index in [4.69, 9.17) is 5.11 Å². The number of hydrogen-bond acceptors (Lipinski definition) is 4. The monoisotopic (exact) mass is 276 g/mol. The molecule has 0 aliphatic heterocycles. The first-order valence-electron chi connectivity index (χ1n) is 5.65. The lowest BCUT2D eigenvalue weighted by Gasteiger charge is -2.21. The maximum Gasteiger partial charge on any atom is 0.326 e. The van der Waals surface area contributed by atoms with Gasteiger partial charge in [-0.3, -0.25) is 9.59 Å². The highest BCUT2D eigenvalue weighted by Crippen LogP contribution is 2.05. The minimum absolute atomic E-state index is 0.219. The van der Waals surface area contributed by atoms with Crippen molar-refractivity contribution in [2.75, 3.05) is 12.0 Å². The molecule has 0 bridgehead atoms.